The summed E-state index contributed by atoms with van der Waals surface area (Å²) in [4.78, 5) is 0. The highest BCUT2D eigenvalue weighted by atomic mass is 15.4. The molecule has 0 aliphatic heterocycles. The van der Waals surface area contributed by atoms with Crippen LogP contribution in [0.25, 0.3) is 0 Å². The molecule has 0 unspecified atom stereocenters. The van der Waals surface area contributed by atoms with Crippen LogP contribution in [0.2, 0.25) is 0 Å². The Morgan fingerprint density at radius 1 is 1.44 bits per heavy atom. The summed E-state index contributed by atoms with van der Waals surface area (Å²) in [5.74, 6) is 0.728. The second kappa shape index (κ2) is 5.43. The predicted molar refractivity (Wildman–Crippen MR) is 64.0 cm³/mol. The molecule has 1 aliphatic carbocycles. The lowest BCUT2D eigenvalue weighted by molar-refractivity contribution is 0.390. The summed E-state index contributed by atoms with van der Waals surface area (Å²) in [7, 11) is 0. The van der Waals surface area contributed by atoms with Crippen LogP contribution in [0.5, 0.6) is 0 Å². The highest BCUT2D eigenvalue weighted by Gasteiger charge is 2.20. The third-order valence-electron chi connectivity index (χ3n) is 3.34. The van der Waals surface area contributed by atoms with Gasteiger partial charge in [-0.1, -0.05) is 31.9 Å². The molecule has 90 valence electrons. The molecule has 1 aromatic rings. The maximum Gasteiger partial charge on any atom is 0.0964 e. The van der Waals surface area contributed by atoms with E-state index in [1.165, 1.54) is 25.7 Å². The average molecular weight is 222 g/mol. The molecule has 1 saturated carbocycles. The molecule has 1 aliphatic rings. The smallest absolute Gasteiger partial charge is 0.0964 e. The summed E-state index contributed by atoms with van der Waals surface area (Å²) in [5, 5.41) is 11.8. The zero-order valence-electron chi connectivity index (χ0n) is 10.3. The fourth-order valence-electron chi connectivity index (χ4n) is 1.86. The average Bonchev–Trinajstić information content (AvgIpc) is 3.03. The van der Waals surface area contributed by atoms with Gasteiger partial charge in [0.2, 0.25) is 0 Å². The fourth-order valence-corrected chi connectivity index (χ4v) is 1.86. The van der Waals surface area contributed by atoms with Gasteiger partial charge in [-0.25, -0.2) is 0 Å². The molecule has 1 aromatic heterocycles. The molecule has 2 rings (SSSR count). The molecule has 0 atom stereocenters. The minimum atomic E-state index is 0.728. The molecule has 0 saturated heterocycles. The van der Waals surface area contributed by atoms with Crippen LogP contribution in [0.3, 0.4) is 0 Å². The zero-order chi connectivity index (χ0) is 11.4. The molecular formula is C12H22N4. The van der Waals surface area contributed by atoms with E-state index >= 15 is 0 Å². The van der Waals surface area contributed by atoms with E-state index in [1.54, 1.807) is 0 Å². The highest BCUT2D eigenvalue weighted by Crippen LogP contribution is 2.19. The Kier molecular flexibility index (Phi) is 3.93. The van der Waals surface area contributed by atoms with Gasteiger partial charge in [-0.05, 0) is 18.8 Å². The Morgan fingerprint density at radius 2 is 2.19 bits per heavy atom. The van der Waals surface area contributed by atoms with Crippen molar-refractivity contribution in [2.24, 2.45) is 5.92 Å². The van der Waals surface area contributed by atoms with Crippen LogP contribution in [-0.4, -0.2) is 21.0 Å². The summed E-state index contributed by atoms with van der Waals surface area (Å²) < 4.78 is 1.99. The Balaban J connectivity index is 1.80. The summed E-state index contributed by atoms with van der Waals surface area (Å²) >= 11 is 0. The molecule has 4 heteroatoms. The topological polar surface area (TPSA) is 42.7 Å². The number of hydrogen-bond donors (Lipinski definition) is 1. The molecule has 0 aromatic carbocycles. The van der Waals surface area contributed by atoms with Crippen LogP contribution in [0.1, 0.15) is 45.2 Å². The minimum Gasteiger partial charge on any atom is -0.308 e. The molecule has 0 radical (unpaired) electrons. The number of hydrogen-bond acceptors (Lipinski definition) is 3. The Morgan fingerprint density at radius 3 is 2.81 bits per heavy atom. The van der Waals surface area contributed by atoms with Crippen LogP contribution < -0.4 is 5.32 Å². The van der Waals surface area contributed by atoms with Gasteiger partial charge < -0.3 is 5.32 Å². The molecule has 1 N–H and O–H groups in total. The van der Waals surface area contributed by atoms with E-state index in [-0.39, 0.29) is 0 Å². The molecular weight excluding hydrogens is 200 g/mol. The highest BCUT2D eigenvalue weighted by molar-refractivity contribution is 4.94. The van der Waals surface area contributed by atoms with Gasteiger partial charge in [0.1, 0.15) is 0 Å². The van der Waals surface area contributed by atoms with E-state index in [4.69, 9.17) is 0 Å². The van der Waals surface area contributed by atoms with Crippen LogP contribution in [0, 0.1) is 5.92 Å². The summed E-state index contributed by atoms with van der Waals surface area (Å²) in [5.41, 5.74) is 1.07. The van der Waals surface area contributed by atoms with Crippen LogP contribution in [-0.2, 0) is 13.1 Å². The summed E-state index contributed by atoms with van der Waals surface area (Å²) in [6, 6.07) is 0.740. The molecule has 0 spiro atoms. The van der Waals surface area contributed by atoms with Crippen molar-refractivity contribution in [2.45, 2.75) is 58.7 Å². The van der Waals surface area contributed by atoms with E-state index in [1.807, 2.05) is 4.68 Å². The van der Waals surface area contributed by atoms with Crippen molar-refractivity contribution < 1.29 is 0 Å². The van der Waals surface area contributed by atoms with Crippen LogP contribution >= 0.6 is 0 Å². The lowest BCUT2D eigenvalue weighted by Crippen LogP contribution is -2.15. The molecule has 1 heterocycles. The third kappa shape index (κ3) is 3.30. The van der Waals surface area contributed by atoms with Gasteiger partial charge in [-0.2, -0.15) is 0 Å². The largest absolute Gasteiger partial charge is 0.308 e. The van der Waals surface area contributed by atoms with Crippen LogP contribution in [0.4, 0.5) is 0 Å². The molecule has 16 heavy (non-hydrogen) atoms. The first-order valence-corrected chi connectivity index (χ1v) is 6.44. The quantitative estimate of drug-likeness (QED) is 0.767. The van der Waals surface area contributed by atoms with E-state index in [9.17, 15) is 0 Å². The monoisotopic (exact) mass is 222 g/mol. The van der Waals surface area contributed by atoms with Gasteiger partial charge in [0.05, 0.1) is 5.69 Å². The first kappa shape index (κ1) is 11.6. The first-order valence-electron chi connectivity index (χ1n) is 6.44. The predicted octanol–water partition coefficient (Wildman–Crippen LogP) is 1.97. The van der Waals surface area contributed by atoms with Gasteiger partial charge in [0.15, 0.2) is 0 Å². The van der Waals surface area contributed by atoms with Gasteiger partial charge in [0.25, 0.3) is 0 Å². The maximum absolute atomic E-state index is 4.19. The van der Waals surface area contributed by atoms with Gasteiger partial charge in [-0.3, -0.25) is 4.68 Å². The minimum absolute atomic E-state index is 0.728. The number of aromatic nitrogens is 3. The van der Waals surface area contributed by atoms with E-state index in [2.05, 4.69) is 35.7 Å². The maximum atomic E-state index is 4.19. The summed E-state index contributed by atoms with van der Waals surface area (Å²) in [6.45, 7) is 6.35. The van der Waals surface area contributed by atoms with Crippen molar-refractivity contribution in [1.82, 2.24) is 20.3 Å². The lowest BCUT2D eigenvalue weighted by atomic mass is 10.0. The lowest BCUT2D eigenvalue weighted by Gasteiger charge is -2.10. The van der Waals surface area contributed by atoms with Crippen molar-refractivity contribution in [1.29, 1.82) is 0 Å². The van der Waals surface area contributed by atoms with E-state index in [0.29, 0.717) is 0 Å². The zero-order valence-corrected chi connectivity index (χ0v) is 10.3. The normalized spacial score (nSPS) is 15.9. The van der Waals surface area contributed by atoms with Crippen molar-refractivity contribution in [3.8, 4) is 0 Å². The fraction of sp³-hybridized carbons (Fsp3) is 0.833. The molecule has 1 fully saturated rings. The molecule has 0 bridgehead atoms. The first-order chi connectivity index (χ1) is 7.81. The number of nitrogens with one attached hydrogen (secondary N) is 1. The van der Waals surface area contributed by atoms with Crippen molar-refractivity contribution in [2.75, 3.05) is 0 Å². The molecule has 4 nitrogen and oxygen atoms in total. The second-order valence-electron chi connectivity index (χ2n) is 4.77. The van der Waals surface area contributed by atoms with Crippen molar-refractivity contribution >= 4 is 0 Å². The van der Waals surface area contributed by atoms with Crippen LogP contribution in [0.15, 0.2) is 6.20 Å². The number of nitrogens with zero attached hydrogens (tertiary/aromatic N) is 3. The van der Waals surface area contributed by atoms with Crippen molar-refractivity contribution in [3.05, 3.63) is 11.9 Å². The Labute approximate surface area is 97.4 Å². The van der Waals surface area contributed by atoms with E-state index in [0.717, 1.165) is 30.7 Å². The second-order valence-corrected chi connectivity index (χ2v) is 4.77. The summed E-state index contributed by atoms with van der Waals surface area (Å²) in [6.07, 6.45) is 7.15. The van der Waals surface area contributed by atoms with Gasteiger partial charge in [-0.15, -0.1) is 5.10 Å². The van der Waals surface area contributed by atoms with E-state index < -0.39 is 0 Å². The third-order valence-corrected chi connectivity index (χ3v) is 3.34. The molecule has 0 amide bonds. The van der Waals surface area contributed by atoms with Crippen molar-refractivity contribution in [3.63, 3.8) is 0 Å². The Hall–Kier alpha value is -0.900. The van der Waals surface area contributed by atoms with Gasteiger partial charge >= 0.3 is 0 Å². The standard InChI is InChI=1S/C12H22N4/c1-3-10(4-2)8-16-9-12(14-15-16)7-13-11-5-6-11/h9-11,13H,3-8H2,1-2H3. The number of rotatable bonds is 7. The Bertz CT molecular complexity index is 313. The SMILES string of the molecule is CCC(CC)Cn1cc(CNC2CC2)nn1. The van der Waals surface area contributed by atoms with Gasteiger partial charge in [0, 0.05) is 25.3 Å².